The van der Waals surface area contributed by atoms with Crippen LogP contribution in [-0.4, -0.2) is 25.5 Å². The molecule has 0 atom stereocenters. The summed E-state index contributed by atoms with van der Waals surface area (Å²) >= 11 is 3.48. The maximum atomic E-state index is 12.2. The fourth-order valence-corrected chi connectivity index (χ4v) is 2.90. The van der Waals surface area contributed by atoms with Crippen LogP contribution < -0.4 is 15.4 Å². The van der Waals surface area contributed by atoms with E-state index in [1.54, 1.807) is 19.2 Å². The average Bonchev–Trinajstić information content (AvgIpc) is 2.61. The topological polar surface area (TPSA) is 67.4 Å². The Kier molecular flexibility index (Phi) is 7.02. The predicted octanol–water partition coefficient (Wildman–Crippen LogP) is 4.05. The lowest BCUT2D eigenvalue weighted by Crippen LogP contribution is -2.22. The Morgan fingerprint density at radius 2 is 1.70 bits per heavy atom. The van der Waals surface area contributed by atoms with E-state index in [0.717, 1.165) is 15.6 Å². The van der Waals surface area contributed by atoms with Gasteiger partial charge in [0, 0.05) is 22.8 Å². The van der Waals surface area contributed by atoms with E-state index in [1.807, 2.05) is 30.3 Å². The van der Waals surface area contributed by atoms with E-state index in [9.17, 15) is 9.59 Å². The molecule has 0 saturated carbocycles. The van der Waals surface area contributed by atoms with Crippen molar-refractivity contribution in [2.45, 2.75) is 32.6 Å². The number of benzene rings is 2. The van der Waals surface area contributed by atoms with Crippen molar-refractivity contribution < 1.29 is 14.3 Å². The molecule has 5 nitrogen and oxygen atoms in total. The van der Waals surface area contributed by atoms with Gasteiger partial charge in [-0.05, 0) is 41.3 Å². The van der Waals surface area contributed by atoms with Crippen LogP contribution in [0, 0.1) is 0 Å². The highest BCUT2D eigenvalue weighted by atomic mass is 79.9. The van der Waals surface area contributed by atoms with Crippen LogP contribution in [-0.2, 0) is 21.4 Å². The molecule has 0 unspecified atom stereocenters. The first kappa shape index (κ1) is 21.0. The van der Waals surface area contributed by atoms with Gasteiger partial charge < -0.3 is 15.4 Å². The van der Waals surface area contributed by atoms with Gasteiger partial charge in [0.2, 0.25) is 5.91 Å². The van der Waals surface area contributed by atoms with Crippen LogP contribution in [0.3, 0.4) is 0 Å². The zero-order valence-corrected chi connectivity index (χ0v) is 17.6. The zero-order chi connectivity index (χ0) is 20.0. The standard InChI is InChI=1S/C21H25BrN2O3/c1-21(2,3)17-12-15(22)7-10-18(17)27-13-20(26)24-16-8-5-14(6-9-16)11-19(25)23-4/h5-10,12H,11,13H2,1-4H3,(H,23,25)(H,24,26). The highest BCUT2D eigenvalue weighted by Crippen LogP contribution is 2.33. The van der Waals surface area contributed by atoms with Gasteiger partial charge in [0.25, 0.3) is 5.91 Å². The lowest BCUT2D eigenvalue weighted by Gasteiger charge is -2.23. The van der Waals surface area contributed by atoms with Crippen molar-refractivity contribution in [3.8, 4) is 5.75 Å². The summed E-state index contributed by atoms with van der Waals surface area (Å²) < 4.78 is 6.73. The minimum absolute atomic E-state index is 0.0515. The van der Waals surface area contributed by atoms with Gasteiger partial charge in [0.05, 0.1) is 6.42 Å². The summed E-state index contributed by atoms with van der Waals surface area (Å²) in [6.45, 7) is 6.22. The number of ether oxygens (including phenoxy) is 1. The van der Waals surface area contributed by atoms with Gasteiger partial charge in [0.1, 0.15) is 5.75 Å². The van der Waals surface area contributed by atoms with Gasteiger partial charge >= 0.3 is 0 Å². The molecular formula is C21H25BrN2O3. The van der Waals surface area contributed by atoms with Crippen LogP contribution in [0.25, 0.3) is 0 Å². The molecule has 144 valence electrons. The molecule has 2 rings (SSSR count). The van der Waals surface area contributed by atoms with Gasteiger partial charge in [-0.1, -0.05) is 48.8 Å². The molecule has 0 bridgehead atoms. The molecule has 0 aliphatic carbocycles. The first-order valence-electron chi connectivity index (χ1n) is 8.71. The maximum Gasteiger partial charge on any atom is 0.262 e. The SMILES string of the molecule is CNC(=O)Cc1ccc(NC(=O)COc2ccc(Br)cc2C(C)(C)C)cc1. The monoisotopic (exact) mass is 432 g/mol. The van der Waals surface area contributed by atoms with Gasteiger partial charge in [-0.15, -0.1) is 0 Å². The van der Waals surface area contributed by atoms with Crippen LogP contribution in [0.15, 0.2) is 46.9 Å². The van der Waals surface area contributed by atoms with Gasteiger partial charge in [0.15, 0.2) is 6.61 Å². The highest BCUT2D eigenvalue weighted by Gasteiger charge is 2.20. The Labute approximate surface area is 168 Å². The molecule has 6 heteroatoms. The third kappa shape index (κ3) is 6.40. The molecule has 0 heterocycles. The number of carbonyl (C=O) groups excluding carboxylic acids is 2. The molecule has 0 fully saturated rings. The quantitative estimate of drug-likeness (QED) is 0.723. The molecule has 0 spiro atoms. The number of anilines is 1. The number of amides is 2. The second-order valence-corrected chi connectivity index (χ2v) is 8.19. The van der Waals surface area contributed by atoms with E-state index in [0.29, 0.717) is 17.9 Å². The van der Waals surface area contributed by atoms with E-state index in [1.165, 1.54) is 0 Å². The minimum atomic E-state index is -0.239. The number of hydrogen-bond acceptors (Lipinski definition) is 3. The molecule has 0 aromatic heterocycles. The largest absolute Gasteiger partial charge is 0.483 e. The molecule has 27 heavy (non-hydrogen) atoms. The van der Waals surface area contributed by atoms with E-state index >= 15 is 0 Å². The second-order valence-electron chi connectivity index (χ2n) is 7.27. The van der Waals surface area contributed by atoms with Crippen LogP contribution in [0.5, 0.6) is 5.75 Å². The molecule has 0 aliphatic heterocycles. The Morgan fingerprint density at radius 1 is 1.04 bits per heavy atom. The van der Waals surface area contributed by atoms with Crippen molar-refractivity contribution in [1.29, 1.82) is 0 Å². The Morgan fingerprint density at radius 3 is 2.30 bits per heavy atom. The minimum Gasteiger partial charge on any atom is -0.483 e. The summed E-state index contributed by atoms with van der Waals surface area (Å²) in [4.78, 5) is 23.6. The smallest absolute Gasteiger partial charge is 0.262 e. The van der Waals surface area contributed by atoms with E-state index in [2.05, 4.69) is 47.3 Å². The number of hydrogen-bond donors (Lipinski definition) is 2. The Bertz CT molecular complexity index is 811. The first-order valence-corrected chi connectivity index (χ1v) is 9.50. The number of rotatable bonds is 6. The van der Waals surface area contributed by atoms with E-state index < -0.39 is 0 Å². The Hall–Kier alpha value is -2.34. The fraction of sp³-hybridized carbons (Fsp3) is 0.333. The summed E-state index contributed by atoms with van der Waals surface area (Å²) in [6, 6.07) is 13.0. The van der Waals surface area contributed by atoms with Crippen LogP contribution >= 0.6 is 15.9 Å². The molecule has 2 amide bonds. The van der Waals surface area contributed by atoms with Crippen LogP contribution in [0.1, 0.15) is 31.9 Å². The molecule has 0 saturated heterocycles. The summed E-state index contributed by atoms with van der Waals surface area (Å²) in [7, 11) is 1.60. The van der Waals surface area contributed by atoms with Crippen molar-refractivity contribution in [2.75, 3.05) is 19.0 Å². The molecule has 0 aliphatic rings. The maximum absolute atomic E-state index is 12.2. The fourth-order valence-electron chi connectivity index (χ4n) is 2.53. The number of carbonyl (C=O) groups is 2. The second kappa shape index (κ2) is 9.04. The lowest BCUT2D eigenvalue weighted by molar-refractivity contribution is -0.120. The number of nitrogens with one attached hydrogen (secondary N) is 2. The number of likely N-dealkylation sites (N-methyl/N-ethyl adjacent to an activating group) is 1. The third-order valence-corrected chi connectivity index (χ3v) is 4.48. The van der Waals surface area contributed by atoms with Gasteiger partial charge in [-0.25, -0.2) is 0 Å². The third-order valence-electron chi connectivity index (χ3n) is 3.99. The van der Waals surface area contributed by atoms with Crippen LogP contribution in [0.2, 0.25) is 0 Å². The molecule has 0 radical (unpaired) electrons. The predicted molar refractivity (Wildman–Crippen MR) is 111 cm³/mol. The molecule has 2 aromatic rings. The zero-order valence-electron chi connectivity index (χ0n) is 16.1. The first-order chi connectivity index (χ1) is 12.7. The van der Waals surface area contributed by atoms with E-state index in [4.69, 9.17) is 4.74 Å². The molecule has 2 N–H and O–H groups in total. The normalized spacial score (nSPS) is 11.0. The lowest BCUT2D eigenvalue weighted by atomic mass is 9.86. The van der Waals surface area contributed by atoms with Crippen molar-refractivity contribution >= 4 is 33.4 Å². The molecule has 2 aromatic carbocycles. The van der Waals surface area contributed by atoms with E-state index in [-0.39, 0.29) is 23.8 Å². The van der Waals surface area contributed by atoms with Gasteiger partial charge in [-0.2, -0.15) is 0 Å². The van der Waals surface area contributed by atoms with Crippen molar-refractivity contribution in [3.63, 3.8) is 0 Å². The van der Waals surface area contributed by atoms with Crippen LogP contribution in [0.4, 0.5) is 5.69 Å². The van der Waals surface area contributed by atoms with Crippen molar-refractivity contribution in [2.24, 2.45) is 0 Å². The highest BCUT2D eigenvalue weighted by molar-refractivity contribution is 9.10. The summed E-state index contributed by atoms with van der Waals surface area (Å²) in [6.07, 6.45) is 0.312. The Balaban J connectivity index is 1.96. The molecular weight excluding hydrogens is 408 g/mol. The summed E-state index contributed by atoms with van der Waals surface area (Å²) in [5.74, 6) is 0.406. The summed E-state index contributed by atoms with van der Waals surface area (Å²) in [5.41, 5.74) is 2.48. The van der Waals surface area contributed by atoms with Crippen molar-refractivity contribution in [3.05, 3.63) is 58.1 Å². The van der Waals surface area contributed by atoms with Gasteiger partial charge in [-0.3, -0.25) is 9.59 Å². The number of halogens is 1. The average molecular weight is 433 g/mol. The van der Waals surface area contributed by atoms with Crippen molar-refractivity contribution in [1.82, 2.24) is 5.32 Å². The summed E-state index contributed by atoms with van der Waals surface area (Å²) in [5, 5.41) is 5.39.